The Hall–Kier alpha value is -1.13. The van der Waals surface area contributed by atoms with Crippen LogP contribution in [-0.4, -0.2) is 18.6 Å². The average Bonchev–Trinajstić information content (AvgIpc) is 2.85. The number of hydrogen-bond donors (Lipinski definition) is 1. The van der Waals surface area contributed by atoms with Crippen LogP contribution in [0.5, 0.6) is 0 Å². The van der Waals surface area contributed by atoms with Gasteiger partial charge in [-0.1, -0.05) is 0 Å². The Kier molecular flexibility index (Phi) is 2.96. The van der Waals surface area contributed by atoms with Crippen LogP contribution in [0.1, 0.15) is 5.01 Å². The van der Waals surface area contributed by atoms with E-state index in [1.54, 1.807) is 23.9 Å². The van der Waals surface area contributed by atoms with Gasteiger partial charge in [0, 0.05) is 23.9 Å². The van der Waals surface area contributed by atoms with E-state index < -0.39 is 0 Å². The fraction of sp³-hybridized carbons (Fsp3) is 0.300. The molecule has 0 fully saturated rings. The summed E-state index contributed by atoms with van der Waals surface area (Å²) in [6, 6.07) is 1.93. The average molecular weight is 208 g/mol. The first kappa shape index (κ1) is 9.43. The molecule has 0 atom stereocenters. The molecule has 3 nitrogen and oxygen atoms in total. The Labute approximate surface area is 86.8 Å². The summed E-state index contributed by atoms with van der Waals surface area (Å²) in [6.07, 6.45) is 4.37. The van der Waals surface area contributed by atoms with Crippen molar-refractivity contribution >= 4 is 11.3 Å². The fourth-order valence-corrected chi connectivity index (χ4v) is 2.01. The molecule has 0 aliphatic heterocycles. The first-order valence-electron chi connectivity index (χ1n) is 4.51. The number of rotatable bonds is 4. The highest BCUT2D eigenvalue weighted by Gasteiger charge is 2.04. The molecule has 14 heavy (non-hydrogen) atoms. The number of likely N-dealkylation sites (N-methyl/N-ethyl adjacent to an activating group) is 1. The summed E-state index contributed by atoms with van der Waals surface area (Å²) in [5, 5.41) is 6.34. The Bertz CT molecular complexity index is 380. The van der Waals surface area contributed by atoms with Crippen LogP contribution in [-0.2, 0) is 6.42 Å². The summed E-state index contributed by atoms with van der Waals surface area (Å²) in [5.41, 5.74) is 2.06. The Morgan fingerprint density at radius 2 is 2.50 bits per heavy atom. The molecule has 0 radical (unpaired) electrons. The van der Waals surface area contributed by atoms with E-state index in [2.05, 4.69) is 15.7 Å². The summed E-state index contributed by atoms with van der Waals surface area (Å²) >= 11 is 1.69. The van der Waals surface area contributed by atoms with Gasteiger partial charge in [0.2, 0.25) is 0 Å². The number of nitrogens with one attached hydrogen (secondary N) is 1. The smallest absolute Gasteiger partial charge is 0.0996 e. The minimum atomic E-state index is 0.971. The largest absolute Gasteiger partial charge is 0.472 e. The van der Waals surface area contributed by atoms with Crippen LogP contribution >= 0.6 is 11.3 Å². The van der Waals surface area contributed by atoms with Gasteiger partial charge >= 0.3 is 0 Å². The van der Waals surface area contributed by atoms with Gasteiger partial charge in [-0.25, -0.2) is 4.98 Å². The highest BCUT2D eigenvalue weighted by atomic mass is 32.1. The zero-order valence-corrected chi connectivity index (χ0v) is 8.80. The van der Waals surface area contributed by atoms with Gasteiger partial charge in [-0.05, 0) is 13.1 Å². The van der Waals surface area contributed by atoms with Crippen molar-refractivity contribution in [3.63, 3.8) is 0 Å². The number of hydrogen-bond acceptors (Lipinski definition) is 4. The van der Waals surface area contributed by atoms with Gasteiger partial charge in [0.15, 0.2) is 0 Å². The van der Waals surface area contributed by atoms with Gasteiger partial charge in [-0.3, -0.25) is 0 Å². The van der Waals surface area contributed by atoms with Crippen molar-refractivity contribution in [3.05, 3.63) is 29.0 Å². The lowest BCUT2D eigenvalue weighted by molar-refractivity contribution is 0.568. The van der Waals surface area contributed by atoms with Crippen LogP contribution in [0.25, 0.3) is 11.3 Å². The third kappa shape index (κ3) is 2.02. The van der Waals surface area contributed by atoms with Crippen molar-refractivity contribution in [2.45, 2.75) is 6.42 Å². The number of aromatic nitrogens is 1. The predicted octanol–water partition coefficient (Wildman–Crippen LogP) is 2.17. The minimum absolute atomic E-state index is 0.971. The number of nitrogens with zero attached hydrogens (tertiary/aromatic N) is 1. The van der Waals surface area contributed by atoms with E-state index in [-0.39, 0.29) is 0 Å². The van der Waals surface area contributed by atoms with Crippen molar-refractivity contribution in [1.29, 1.82) is 0 Å². The monoisotopic (exact) mass is 208 g/mol. The van der Waals surface area contributed by atoms with Crippen LogP contribution in [0.4, 0.5) is 0 Å². The molecule has 0 saturated carbocycles. The van der Waals surface area contributed by atoms with Gasteiger partial charge in [-0.15, -0.1) is 11.3 Å². The number of thiazole rings is 1. The molecule has 0 aliphatic rings. The van der Waals surface area contributed by atoms with Crippen LogP contribution in [0.2, 0.25) is 0 Å². The highest BCUT2D eigenvalue weighted by Crippen LogP contribution is 2.22. The quantitative estimate of drug-likeness (QED) is 0.836. The summed E-state index contributed by atoms with van der Waals surface area (Å²) in [5.74, 6) is 0. The molecular weight excluding hydrogens is 196 g/mol. The number of furan rings is 1. The maximum Gasteiger partial charge on any atom is 0.0996 e. The third-order valence-electron chi connectivity index (χ3n) is 1.96. The second kappa shape index (κ2) is 4.39. The Morgan fingerprint density at radius 3 is 3.21 bits per heavy atom. The van der Waals surface area contributed by atoms with E-state index in [1.807, 2.05) is 13.1 Å². The van der Waals surface area contributed by atoms with Gasteiger partial charge < -0.3 is 9.73 Å². The molecule has 0 bridgehead atoms. The summed E-state index contributed by atoms with van der Waals surface area (Å²) in [7, 11) is 1.95. The van der Waals surface area contributed by atoms with E-state index in [0.717, 1.165) is 29.2 Å². The molecule has 0 unspecified atom stereocenters. The molecular formula is C10H12N2OS. The molecule has 4 heteroatoms. The molecule has 2 aromatic heterocycles. The zero-order chi connectivity index (χ0) is 9.80. The van der Waals surface area contributed by atoms with Crippen LogP contribution in [0.15, 0.2) is 28.4 Å². The van der Waals surface area contributed by atoms with E-state index in [0.29, 0.717) is 0 Å². The van der Waals surface area contributed by atoms with Crippen molar-refractivity contribution in [2.24, 2.45) is 0 Å². The molecule has 2 rings (SSSR count). The van der Waals surface area contributed by atoms with Gasteiger partial charge in [-0.2, -0.15) is 0 Å². The Morgan fingerprint density at radius 1 is 1.57 bits per heavy atom. The van der Waals surface area contributed by atoms with Crippen LogP contribution in [0, 0.1) is 0 Å². The van der Waals surface area contributed by atoms with E-state index in [4.69, 9.17) is 4.42 Å². The first-order chi connectivity index (χ1) is 6.90. The second-order valence-corrected chi connectivity index (χ2v) is 3.93. The SMILES string of the molecule is CNCCc1nc(-c2ccoc2)cs1. The normalized spacial score (nSPS) is 10.6. The molecule has 1 N–H and O–H groups in total. The van der Waals surface area contributed by atoms with Crippen molar-refractivity contribution in [2.75, 3.05) is 13.6 Å². The molecule has 0 saturated heterocycles. The second-order valence-electron chi connectivity index (χ2n) is 2.99. The van der Waals surface area contributed by atoms with Crippen LogP contribution < -0.4 is 5.32 Å². The van der Waals surface area contributed by atoms with Crippen molar-refractivity contribution in [3.8, 4) is 11.3 Å². The van der Waals surface area contributed by atoms with Gasteiger partial charge in [0.05, 0.1) is 23.2 Å². The standard InChI is InChI=1S/C10H12N2OS/c1-11-4-2-10-12-9(7-14-10)8-3-5-13-6-8/h3,5-7,11H,2,4H2,1H3. The lowest BCUT2D eigenvalue weighted by Crippen LogP contribution is -2.09. The topological polar surface area (TPSA) is 38.1 Å². The lowest BCUT2D eigenvalue weighted by Gasteiger charge is -1.93. The fourth-order valence-electron chi connectivity index (χ4n) is 1.20. The highest BCUT2D eigenvalue weighted by molar-refractivity contribution is 7.09. The van der Waals surface area contributed by atoms with Crippen molar-refractivity contribution in [1.82, 2.24) is 10.3 Å². The predicted molar refractivity (Wildman–Crippen MR) is 57.4 cm³/mol. The van der Waals surface area contributed by atoms with E-state index >= 15 is 0 Å². The van der Waals surface area contributed by atoms with E-state index in [1.165, 1.54) is 0 Å². The van der Waals surface area contributed by atoms with Crippen LogP contribution in [0.3, 0.4) is 0 Å². The van der Waals surface area contributed by atoms with Gasteiger partial charge in [0.1, 0.15) is 0 Å². The summed E-state index contributed by atoms with van der Waals surface area (Å²) < 4.78 is 5.01. The maximum atomic E-state index is 5.01. The summed E-state index contributed by atoms with van der Waals surface area (Å²) in [6.45, 7) is 0.971. The molecule has 0 aromatic carbocycles. The van der Waals surface area contributed by atoms with Crippen molar-refractivity contribution < 1.29 is 4.42 Å². The molecule has 2 heterocycles. The zero-order valence-electron chi connectivity index (χ0n) is 7.99. The van der Waals surface area contributed by atoms with E-state index in [9.17, 15) is 0 Å². The Balaban J connectivity index is 2.10. The molecule has 2 aromatic rings. The van der Waals surface area contributed by atoms with Gasteiger partial charge in [0.25, 0.3) is 0 Å². The lowest BCUT2D eigenvalue weighted by atomic mass is 10.3. The molecule has 74 valence electrons. The first-order valence-corrected chi connectivity index (χ1v) is 5.39. The molecule has 0 spiro atoms. The maximum absolute atomic E-state index is 5.01. The molecule has 0 aliphatic carbocycles. The minimum Gasteiger partial charge on any atom is -0.472 e. The molecule has 0 amide bonds. The summed E-state index contributed by atoms with van der Waals surface area (Å²) in [4.78, 5) is 4.51. The third-order valence-corrected chi connectivity index (χ3v) is 2.87.